The van der Waals surface area contributed by atoms with Gasteiger partial charge in [0.1, 0.15) is 5.52 Å². The number of hydrogen-bond acceptors (Lipinski definition) is 5. The van der Waals surface area contributed by atoms with Crippen LogP contribution < -0.4 is 5.32 Å². The summed E-state index contributed by atoms with van der Waals surface area (Å²) in [6.45, 7) is 4.45. The summed E-state index contributed by atoms with van der Waals surface area (Å²) in [4.78, 5) is 14.9. The molecule has 0 aliphatic carbocycles. The number of nitrogens with one attached hydrogen (secondary N) is 1. The van der Waals surface area contributed by atoms with Gasteiger partial charge in [-0.2, -0.15) is 11.8 Å². The molecule has 0 aliphatic rings. The maximum Gasteiger partial charge on any atom is 0.278 e. The summed E-state index contributed by atoms with van der Waals surface area (Å²) in [5, 5.41) is 14.8. The minimum atomic E-state index is -0.381. The molecule has 0 atom stereocenters. The Morgan fingerprint density at radius 3 is 3.05 bits per heavy atom. The lowest BCUT2D eigenvalue weighted by atomic mass is 10.1. The molecule has 1 aromatic heterocycles. The Morgan fingerprint density at radius 2 is 2.30 bits per heavy atom. The molecule has 0 saturated heterocycles. The summed E-state index contributed by atoms with van der Waals surface area (Å²) < 4.78 is 0. The zero-order valence-corrected chi connectivity index (χ0v) is 11.7. The van der Waals surface area contributed by atoms with E-state index in [9.17, 15) is 10.1 Å². The van der Waals surface area contributed by atoms with Gasteiger partial charge in [-0.15, -0.1) is 6.58 Å². The molecule has 0 amide bonds. The van der Waals surface area contributed by atoms with Crippen molar-refractivity contribution in [3.8, 4) is 0 Å². The number of nitrogens with zero attached hydrogens (tertiary/aromatic N) is 2. The van der Waals surface area contributed by atoms with E-state index >= 15 is 0 Å². The Labute approximate surface area is 121 Å². The largest absolute Gasteiger partial charge is 0.382 e. The van der Waals surface area contributed by atoms with Gasteiger partial charge in [-0.1, -0.05) is 6.08 Å². The highest BCUT2D eigenvalue weighted by atomic mass is 32.2. The van der Waals surface area contributed by atoms with Gasteiger partial charge in [0.2, 0.25) is 0 Å². The van der Waals surface area contributed by atoms with Crippen molar-refractivity contribution in [2.24, 2.45) is 0 Å². The molecule has 0 saturated carbocycles. The van der Waals surface area contributed by atoms with Crippen molar-refractivity contribution in [1.29, 1.82) is 0 Å². The van der Waals surface area contributed by atoms with Crippen LogP contribution in [0.2, 0.25) is 0 Å². The monoisotopic (exact) mass is 289 g/mol. The first-order valence-electron chi connectivity index (χ1n) is 6.18. The molecule has 1 heterocycles. The number of anilines is 1. The molecular weight excluding hydrogens is 274 g/mol. The lowest BCUT2D eigenvalue weighted by Crippen LogP contribution is -2.05. The first-order chi connectivity index (χ1) is 9.74. The average molecular weight is 289 g/mol. The number of nitro groups is 1. The molecular formula is C14H15N3O2S. The summed E-state index contributed by atoms with van der Waals surface area (Å²) in [6.07, 6.45) is 3.51. The topological polar surface area (TPSA) is 68.1 Å². The van der Waals surface area contributed by atoms with Crippen LogP contribution in [0.15, 0.2) is 43.1 Å². The number of non-ortho nitro benzene ring substituents is 1. The van der Waals surface area contributed by atoms with Crippen LogP contribution >= 0.6 is 11.8 Å². The van der Waals surface area contributed by atoms with Crippen molar-refractivity contribution in [1.82, 2.24) is 4.98 Å². The van der Waals surface area contributed by atoms with Crippen LogP contribution in [0.1, 0.15) is 0 Å². The second kappa shape index (κ2) is 6.91. The normalized spacial score (nSPS) is 10.4. The Morgan fingerprint density at radius 1 is 1.45 bits per heavy atom. The number of nitro benzene ring substituents is 1. The molecule has 2 aromatic rings. The lowest BCUT2D eigenvalue weighted by Gasteiger charge is -2.08. The highest BCUT2D eigenvalue weighted by molar-refractivity contribution is 7.99. The Kier molecular flexibility index (Phi) is 4.95. The van der Waals surface area contributed by atoms with Gasteiger partial charge in [-0.05, 0) is 18.2 Å². The number of thioether (sulfide) groups is 1. The van der Waals surface area contributed by atoms with Gasteiger partial charge in [-0.25, -0.2) is 0 Å². The third-order valence-corrected chi connectivity index (χ3v) is 3.71. The van der Waals surface area contributed by atoms with E-state index in [1.54, 1.807) is 36.2 Å². The fraction of sp³-hybridized carbons (Fsp3) is 0.214. The molecule has 1 N–H and O–H groups in total. The van der Waals surface area contributed by atoms with Crippen LogP contribution in [-0.4, -0.2) is 28.0 Å². The lowest BCUT2D eigenvalue weighted by molar-refractivity contribution is -0.383. The number of pyridine rings is 1. The SMILES string of the molecule is C=CCSCCNc1ccc([N+](=O)[O-])c2cccnc12. The van der Waals surface area contributed by atoms with Gasteiger partial charge >= 0.3 is 0 Å². The number of fused-ring (bicyclic) bond motifs is 1. The molecule has 0 aliphatic heterocycles. The van der Waals surface area contributed by atoms with Crippen molar-refractivity contribution in [2.75, 3.05) is 23.4 Å². The van der Waals surface area contributed by atoms with E-state index in [-0.39, 0.29) is 10.6 Å². The Hall–Kier alpha value is -2.08. The van der Waals surface area contributed by atoms with Gasteiger partial charge < -0.3 is 5.32 Å². The van der Waals surface area contributed by atoms with Crippen LogP contribution in [0, 0.1) is 10.1 Å². The quantitative estimate of drug-likeness (QED) is 0.366. The van der Waals surface area contributed by atoms with Gasteiger partial charge in [0, 0.05) is 30.3 Å². The minimum Gasteiger partial charge on any atom is -0.382 e. The summed E-state index contributed by atoms with van der Waals surface area (Å²) in [7, 11) is 0. The molecule has 0 unspecified atom stereocenters. The van der Waals surface area contributed by atoms with Crippen molar-refractivity contribution >= 4 is 34.0 Å². The van der Waals surface area contributed by atoms with E-state index in [2.05, 4.69) is 16.9 Å². The third-order valence-electron chi connectivity index (χ3n) is 2.74. The van der Waals surface area contributed by atoms with Crippen molar-refractivity contribution in [2.45, 2.75) is 0 Å². The van der Waals surface area contributed by atoms with Crippen molar-refractivity contribution in [3.63, 3.8) is 0 Å². The standard InChI is InChI=1S/C14H15N3O2S/c1-2-9-20-10-8-15-12-5-6-13(17(18)19)11-4-3-7-16-14(11)12/h2-7,15H,1,8-10H2. The average Bonchev–Trinajstić information content (AvgIpc) is 2.46. The number of benzene rings is 1. The summed E-state index contributed by atoms with van der Waals surface area (Å²) in [5.41, 5.74) is 1.54. The third kappa shape index (κ3) is 3.27. The fourth-order valence-electron chi connectivity index (χ4n) is 1.88. The van der Waals surface area contributed by atoms with Gasteiger partial charge in [-0.3, -0.25) is 15.1 Å². The second-order valence-electron chi connectivity index (χ2n) is 4.08. The molecule has 0 radical (unpaired) electrons. The van der Waals surface area contributed by atoms with E-state index in [1.807, 2.05) is 6.08 Å². The van der Waals surface area contributed by atoms with E-state index in [0.29, 0.717) is 10.9 Å². The molecule has 0 fully saturated rings. The summed E-state index contributed by atoms with van der Waals surface area (Å²) in [5.74, 6) is 1.86. The van der Waals surface area contributed by atoms with Crippen molar-refractivity contribution < 1.29 is 4.92 Å². The van der Waals surface area contributed by atoms with Gasteiger partial charge in [0.05, 0.1) is 16.0 Å². The highest BCUT2D eigenvalue weighted by Gasteiger charge is 2.14. The van der Waals surface area contributed by atoms with E-state index in [4.69, 9.17) is 0 Å². The summed E-state index contributed by atoms with van der Waals surface area (Å²) >= 11 is 1.78. The zero-order chi connectivity index (χ0) is 14.4. The number of aromatic nitrogens is 1. The van der Waals surface area contributed by atoms with Gasteiger partial charge in [0.25, 0.3) is 5.69 Å². The minimum absolute atomic E-state index is 0.0830. The Balaban J connectivity index is 2.20. The first-order valence-corrected chi connectivity index (χ1v) is 7.34. The van der Waals surface area contributed by atoms with Crippen LogP contribution in [0.3, 0.4) is 0 Å². The number of hydrogen-bond donors (Lipinski definition) is 1. The molecule has 104 valence electrons. The van der Waals surface area contributed by atoms with E-state index in [1.165, 1.54) is 6.07 Å². The molecule has 1 aromatic carbocycles. The van der Waals surface area contributed by atoms with E-state index in [0.717, 1.165) is 23.7 Å². The predicted molar refractivity (Wildman–Crippen MR) is 84.4 cm³/mol. The van der Waals surface area contributed by atoms with E-state index < -0.39 is 0 Å². The highest BCUT2D eigenvalue weighted by Crippen LogP contribution is 2.29. The molecule has 5 nitrogen and oxygen atoms in total. The van der Waals surface area contributed by atoms with Crippen LogP contribution in [0.5, 0.6) is 0 Å². The van der Waals surface area contributed by atoms with Crippen LogP contribution in [-0.2, 0) is 0 Å². The maximum atomic E-state index is 11.0. The predicted octanol–water partition coefficient (Wildman–Crippen LogP) is 3.47. The molecule has 6 heteroatoms. The van der Waals surface area contributed by atoms with Crippen LogP contribution in [0.25, 0.3) is 10.9 Å². The Bertz CT molecular complexity index is 631. The zero-order valence-electron chi connectivity index (χ0n) is 10.9. The number of rotatable bonds is 7. The van der Waals surface area contributed by atoms with Gasteiger partial charge in [0.15, 0.2) is 0 Å². The summed E-state index contributed by atoms with van der Waals surface area (Å²) in [6, 6.07) is 6.66. The first kappa shape index (κ1) is 14.3. The molecule has 20 heavy (non-hydrogen) atoms. The maximum absolute atomic E-state index is 11.0. The van der Waals surface area contributed by atoms with Crippen molar-refractivity contribution in [3.05, 3.63) is 53.2 Å². The molecule has 0 spiro atoms. The van der Waals surface area contributed by atoms with Crippen LogP contribution in [0.4, 0.5) is 11.4 Å². The molecule has 0 bridgehead atoms. The smallest absolute Gasteiger partial charge is 0.278 e. The fourth-order valence-corrected chi connectivity index (χ4v) is 2.46. The molecule has 2 rings (SSSR count). The second-order valence-corrected chi connectivity index (χ2v) is 5.23.